The highest BCUT2D eigenvalue weighted by Gasteiger charge is 2.32. The molecule has 176 valence electrons. The van der Waals surface area contributed by atoms with E-state index >= 15 is 0 Å². The Morgan fingerprint density at radius 1 is 1.15 bits per heavy atom. The van der Waals surface area contributed by atoms with E-state index in [2.05, 4.69) is 5.32 Å². The van der Waals surface area contributed by atoms with Gasteiger partial charge in [-0.15, -0.1) is 0 Å². The second kappa shape index (κ2) is 9.90. The van der Waals surface area contributed by atoms with E-state index in [1.807, 2.05) is 17.4 Å². The van der Waals surface area contributed by atoms with Gasteiger partial charge < -0.3 is 14.8 Å². The normalized spacial score (nSPS) is 13.6. The number of ether oxygens (including phenoxy) is 2. The Morgan fingerprint density at radius 3 is 2.58 bits per heavy atom. The van der Waals surface area contributed by atoms with Crippen LogP contribution >= 0.6 is 0 Å². The van der Waals surface area contributed by atoms with Crippen molar-refractivity contribution >= 4 is 33.6 Å². The van der Waals surface area contributed by atoms with Crippen molar-refractivity contribution in [2.75, 3.05) is 24.5 Å². The molecule has 1 atom stereocenters. The highest BCUT2D eigenvalue weighted by molar-refractivity contribution is 7.92. The number of rotatable bonds is 7. The summed E-state index contributed by atoms with van der Waals surface area (Å²) in [7, 11) is -2.64. The third-order valence-corrected chi connectivity index (χ3v) is 6.86. The molecule has 1 aliphatic heterocycles. The number of hydrogen-bond donors (Lipinski definition) is 2. The molecular formula is C22H25N3O7S. The third kappa shape index (κ3) is 5.08. The van der Waals surface area contributed by atoms with Crippen molar-refractivity contribution in [2.24, 2.45) is 0 Å². The van der Waals surface area contributed by atoms with Gasteiger partial charge in [-0.2, -0.15) is 0 Å². The van der Waals surface area contributed by atoms with Gasteiger partial charge in [0.05, 0.1) is 17.7 Å². The molecule has 0 aromatic heterocycles. The lowest BCUT2D eigenvalue weighted by molar-refractivity contribution is -0.127. The monoisotopic (exact) mass is 475 g/mol. The summed E-state index contributed by atoms with van der Waals surface area (Å²) in [6.07, 6.45) is -0.728. The van der Waals surface area contributed by atoms with Gasteiger partial charge in [0.15, 0.2) is 6.10 Å². The van der Waals surface area contributed by atoms with Crippen molar-refractivity contribution in [3.8, 4) is 5.75 Å². The topological polar surface area (TPSA) is 131 Å². The minimum Gasteiger partial charge on any atom is -0.496 e. The molecule has 0 radical (unpaired) electrons. The van der Waals surface area contributed by atoms with Gasteiger partial charge in [0, 0.05) is 13.1 Å². The zero-order valence-electron chi connectivity index (χ0n) is 18.5. The highest BCUT2D eigenvalue weighted by Crippen LogP contribution is 2.34. The molecule has 0 aliphatic carbocycles. The predicted octanol–water partition coefficient (Wildman–Crippen LogP) is 1.84. The highest BCUT2D eigenvalue weighted by atomic mass is 32.2. The smallest absolute Gasteiger partial charge is 0.342 e. The van der Waals surface area contributed by atoms with E-state index in [1.165, 1.54) is 30.5 Å². The largest absolute Gasteiger partial charge is 0.496 e. The van der Waals surface area contributed by atoms with Gasteiger partial charge in [0.1, 0.15) is 11.3 Å². The molecule has 10 nitrogen and oxygen atoms in total. The maximum absolute atomic E-state index is 13.3. The number of hydrogen-bond acceptors (Lipinski definition) is 7. The Bertz CT molecular complexity index is 1180. The molecule has 3 rings (SSSR count). The van der Waals surface area contributed by atoms with Crippen molar-refractivity contribution in [1.29, 1.82) is 0 Å². The molecule has 1 unspecified atom stereocenters. The summed E-state index contributed by atoms with van der Waals surface area (Å²) >= 11 is 0. The first-order valence-electron chi connectivity index (χ1n) is 10.3. The maximum Gasteiger partial charge on any atom is 0.342 e. The van der Waals surface area contributed by atoms with E-state index < -0.39 is 34.0 Å². The average Bonchev–Trinajstić information content (AvgIpc) is 3.23. The number of para-hydroxylation sites is 1. The molecule has 3 amide bonds. The molecule has 2 N–H and O–H groups in total. The van der Waals surface area contributed by atoms with Gasteiger partial charge in [0.25, 0.3) is 15.9 Å². The fourth-order valence-electron chi connectivity index (χ4n) is 3.39. The SMILES string of the molecule is CCNC(=O)NC(=O)C(C)OC(=O)c1cc(S(=O)(=O)N2CCc3ccccc32)ccc1OC. The first-order chi connectivity index (χ1) is 15.7. The second-order valence-corrected chi connectivity index (χ2v) is 9.08. The number of methoxy groups -OCH3 is 1. The molecule has 0 fully saturated rings. The number of carbonyl (C=O) groups is 3. The molecule has 33 heavy (non-hydrogen) atoms. The molecule has 2 aromatic carbocycles. The van der Waals surface area contributed by atoms with E-state index in [-0.39, 0.29) is 22.8 Å². The fourth-order valence-corrected chi connectivity index (χ4v) is 4.92. The summed E-state index contributed by atoms with van der Waals surface area (Å²) in [5.41, 5.74) is 1.35. The van der Waals surface area contributed by atoms with Crippen LogP contribution in [0.25, 0.3) is 0 Å². The number of sulfonamides is 1. The van der Waals surface area contributed by atoms with Crippen molar-refractivity contribution < 1.29 is 32.3 Å². The van der Waals surface area contributed by atoms with Crippen LogP contribution in [0.1, 0.15) is 29.8 Å². The van der Waals surface area contributed by atoms with Gasteiger partial charge in [0.2, 0.25) is 0 Å². The zero-order chi connectivity index (χ0) is 24.2. The first-order valence-corrected chi connectivity index (χ1v) is 11.7. The molecule has 0 spiro atoms. The van der Waals surface area contributed by atoms with E-state index in [0.717, 1.165) is 11.6 Å². The summed E-state index contributed by atoms with van der Waals surface area (Å²) in [4.78, 5) is 36.2. The zero-order valence-corrected chi connectivity index (χ0v) is 19.3. The lowest BCUT2D eigenvalue weighted by Gasteiger charge is -2.20. The standard InChI is InChI=1S/C22H25N3O7S/c1-4-23-22(28)24-20(26)14(2)32-21(27)17-13-16(9-10-19(17)31-3)33(29,30)25-12-11-15-7-5-6-8-18(15)25/h5-10,13-14H,4,11-12H2,1-3H3,(H2,23,24,26,28). The van der Waals surface area contributed by atoms with Crippen LogP contribution in [0.2, 0.25) is 0 Å². The third-order valence-electron chi connectivity index (χ3n) is 5.05. The van der Waals surface area contributed by atoms with E-state index in [9.17, 15) is 22.8 Å². The minimum atomic E-state index is -3.96. The van der Waals surface area contributed by atoms with Gasteiger partial charge in [-0.1, -0.05) is 18.2 Å². The molecular weight excluding hydrogens is 450 g/mol. The van der Waals surface area contributed by atoms with Gasteiger partial charge >= 0.3 is 12.0 Å². The molecule has 11 heteroatoms. The van der Waals surface area contributed by atoms with E-state index in [1.54, 1.807) is 19.1 Å². The molecule has 0 saturated heterocycles. The van der Waals surface area contributed by atoms with Gasteiger partial charge in [-0.25, -0.2) is 18.0 Å². The lowest BCUT2D eigenvalue weighted by atomic mass is 10.2. The summed E-state index contributed by atoms with van der Waals surface area (Å²) in [6.45, 7) is 3.57. The number of urea groups is 1. The number of imide groups is 1. The number of carbonyl (C=O) groups excluding carboxylic acids is 3. The van der Waals surface area contributed by atoms with Crippen LogP contribution in [0, 0.1) is 0 Å². The molecule has 0 bridgehead atoms. The van der Waals surface area contributed by atoms with Crippen molar-refractivity contribution in [3.05, 3.63) is 53.6 Å². The van der Waals surface area contributed by atoms with Crippen LogP contribution in [0.3, 0.4) is 0 Å². The summed E-state index contributed by atoms with van der Waals surface area (Å²) < 4.78 is 38.2. The molecule has 0 saturated carbocycles. The number of anilines is 1. The van der Waals surface area contributed by atoms with Crippen LogP contribution in [0.5, 0.6) is 5.75 Å². The maximum atomic E-state index is 13.3. The Kier molecular flexibility index (Phi) is 7.22. The second-order valence-electron chi connectivity index (χ2n) is 7.21. The quantitative estimate of drug-likeness (QED) is 0.584. The van der Waals surface area contributed by atoms with Crippen LogP contribution in [0.4, 0.5) is 10.5 Å². The molecule has 1 heterocycles. The number of benzene rings is 2. The molecule has 1 aliphatic rings. The van der Waals surface area contributed by atoms with Crippen LogP contribution in [-0.2, 0) is 26.0 Å². The predicted molar refractivity (Wildman–Crippen MR) is 120 cm³/mol. The van der Waals surface area contributed by atoms with E-state index in [0.29, 0.717) is 18.7 Å². The summed E-state index contributed by atoms with van der Waals surface area (Å²) in [5.74, 6) is -1.72. The fraction of sp³-hybridized carbons (Fsp3) is 0.318. The lowest BCUT2D eigenvalue weighted by Crippen LogP contribution is -2.44. The van der Waals surface area contributed by atoms with Gasteiger partial charge in [-0.3, -0.25) is 14.4 Å². The van der Waals surface area contributed by atoms with Gasteiger partial charge in [-0.05, 0) is 50.1 Å². The number of fused-ring (bicyclic) bond motifs is 1. The number of esters is 1. The Balaban J connectivity index is 1.84. The summed E-state index contributed by atoms with van der Waals surface area (Å²) in [6, 6.07) is 10.3. The number of nitrogens with one attached hydrogen (secondary N) is 2. The van der Waals surface area contributed by atoms with Crippen LogP contribution in [-0.4, -0.2) is 52.6 Å². The average molecular weight is 476 g/mol. The minimum absolute atomic E-state index is 0.0807. The Labute approximate surface area is 191 Å². The first kappa shape index (κ1) is 24.1. The molecule has 2 aromatic rings. The van der Waals surface area contributed by atoms with Crippen molar-refractivity contribution in [2.45, 2.75) is 31.3 Å². The van der Waals surface area contributed by atoms with Crippen molar-refractivity contribution in [1.82, 2.24) is 10.6 Å². The van der Waals surface area contributed by atoms with Crippen LogP contribution < -0.4 is 19.7 Å². The number of nitrogens with zero attached hydrogens (tertiary/aromatic N) is 1. The number of amides is 3. The van der Waals surface area contributed by atoms with Crippen molar-refractivity contribution in [3.63, 3.8) is 0 Å². The summed E-state index contributed by atoms with van der Waals surface area (Å²) in [5, 5.41) is 4.44. The Hall–Kier alpha value is -3.60. The van der Waals surface area contributed by atoms with Crippen LogP contribution in [0.15, 0.2) is 47.4 Å². The van der Waals surface area contributed by atoms with E-state index in [4.69, 9.17) is 9.47 Å². The Morgan fingerprint density at radius 2 is 1.88 bits per heavy atom.